The predicted molar refractivity (Wildman–Crippen MR) is 114 cm³/mol. The summed E-state index contributed by atoms with van der Waals surface area (Å²) in [4.78, 5) is 29.3. The summed E-state index contributed by atoms with van der Waals surface area (Å²) in [6, 6.07) is 14.7. The topological polar surface area (TPSA) is 49.4 Å². The second kappa shape index (κ2) is 8.52. The van der Waals surface area contributed by atoms with Gasteiger partial charge in [-0.2, -0.15) is 0 Å². The third-order valence-electron chi connectivity index (χ3n) is 5.01. The lowest BCUT2D eigenvalue weighted by Crippen LogP contribution is -2.36. The Kier molecular flexibility index (Phi) is 5.85. The Hall–Kier alpha value is -2.08. The van der Waals surface area contributed by atoms with Gasteiger partial charge < -0.3 is 10.2 Å². The molecule has 0 spiro atoms. The standard InChI is InChI=1S/C22H21ClN2O2S/c23-16-8-6-15(7-9-16)14-28-22-19(25-12-3-10-24-11-13-25)20(26)17-4-1-2-5-18(17)21(22)27/h1-2,4-9,24H,3,10-14H2. The van der Waals surface area contributed by atoms with Crippen LogP contribution in [-0.2, 0) is 5.75 Å². The van der Waals surface area contributed by atoms with Gasteiger partial charge in [0.05, 0.1) is 4.91 Å². The van der Waals surface area contributed by atoms with Crippen LogP contribution < -0.4 is 5.32 Å². The van der Waals surface area contributed by atoms with Crippen molar-refractivity contribution >= 4 is 34.9 Å². The van der Waals surface area contributed by atoms with Gasteiger partial charge in [-0.3, -0.25) is 9.59 Å². The van der Waals surface area contributed by atoms with Gasteiger partial charge in [-0.15, -0.1) is 11.8 Å². The minimum Gasteiger partial charge on any atom is -0.366 e. The van der Waals surface area contributed by atoms with E-state index >= 15 is 0 Å². The fourth-order valence-electron chi connectivity index (χ4n) is 3.57. The van der Waals surface area contributed by atoms with E-state index in [0.717, 1.165) is 38.2 Å². The van der Waals surface area contributed by atoms with Crippen LogP contribution in [0.4, 0.5) is 0 Å². The Labute approximate surface area is 173 Å². The number of carbonyl (C=O) groups excluding carboxylic acids is 2. The summed E-state index contributed by atoms with van der Waals surface area (Å²) in [5.41, 5.74) is 2.64. The molecule has 1 fully saturated rings. The van der Waals surface area contributed by atoms with Crippen LogP contribution in [0.15, 0.2) is 59.1 Å². The Balaban J connectivity index is 1.71. The molecule has 144 valence electrons. The van der Waals surface area contributed by atoms with Crippen LogP contribution in [0, 0.1) is 0 Å². The number of fused-ring (bicyclic) bond motifs is 1. The minimum atomic E-state index is -0.0543. The van der Waals surface area contributed by atoms with Gasteiger partial charge in [-0.05, 0) is 30.7 Å². The van der Waals surface area contributed by atoms with Crippen LogP contribution in [0.2, 0.25) is 5.02 Å². The van der Waals surface area contributed by atoms with Crippen LogP contribution in [0.25, 0.3) is 0 Å². The largest absolute Gasteiger partial charge is 0.366 e. The molecule has 0 saturated carbocycles. The molecule has 28 heavy (non-hydrogen) atoms. The van der Waals surface area contributed by atoms with E-state index in [1.54, 1.807) is 12.1 Å². The molecule has 1 aliphatic heterocycles. The molecule has 6 heteroatoms. The lowest BCUT2D eigenvalue weighted by molar-refractivity contribution is 0.0949. The van der Waals surface area contributed by atoms with E-state index in [1.807, 2.05) is 36.4 Å². The lowest BCUT2D eigenvalue weighted by Gasteiger charge is -2.30. The molecular formula is C22H21ClN2O2S. The molecular weight excluding hydrogens is 392 g/mol. The number of Topliss-reactive ketones (excluding diaryl/α,β-unsaturated/α-hetero) is 2. The molecule has 0 atom stereocenters. The third kappa shape index (κ3) is 3.88. The summed E-state index contributed by atoms with van der Waals surface area (Å²) < 4.78 is 0. The quantitative estimate of drug-likeness (QED) is 0.817. The molecule has 1 N–H and O–H groups in total. The molecule has 2 aromatic rings. The molecule has 1 heterocycles. The number of allylic oxidation sites excluding steroid dienone is 2. The van der Waals surface area contributed by atoms with Gasteiger partial charge in [0.25, 0.3) is 0 Å². The van der Waals surface area contributed by atoms with Gasteiger partial charge in [0.2, 0.25) is 11.6 Å². The molecule has 4 rings (SSSR count). The van der Waals surface area contributed by atoms with E-state index < -0.39 is 0 Å². The Morgan fingerprint density at radius 2 is 1.64 bits per heavy atom. The van der Waals surface area contributed by atoms with Gasteiger partial charge in [0.1, 0.15) is 5.70 Å². The highest BCUT2D eigenvalue weighted by atomic mass is 35.5. The first-order valence-electron chi connectivity index (χ1n) is 9.41. The number of halogens is 1. The zero-order valence-corrected chi connectivity index (χ0v) is 17.0. The normalized spacial score (nSPS) is 17.5. The Morgan fingerprint density at radius 3 is 2.39 bits per heavy atom. The second-order valence-corrected chi connectivity index (χ2v) is 8.31. The highest BCUT2D eigenvalue weighted by Gasteiger charge is 2.35. The maximum atomic E-state index is 13.3. The van der Waals surface area contributed by atoms with E-state index in [1.165, 1.54) is 11.8 Å². The van der Waals surface area contributed by atoms with Crippen molar-refractivity contribution < 1.29 is 9.59 Å². The molecule has 0 radical (unpaired) electrons. The molecule has 1 saturated heterocycles. The summed E-state index contributed by atoms with van der Waals surface area (Å²) in [7, 11) is 0. The number of ketones is 2. The first-order valence-corrected chi connectivity index (χ1v) is 10.8. The zero-order valence-electron chi connectivity index (χ0n) is 15.4. The van der Waals surface area contributed by atoms with Crippen molar-refractivity contribution in [1.29, 1.82) is 0 Å². The highest BCUT2D eigenvalue weighted by molar-refractivity contribution is 8.03. The molecule has 1 aliphatic carbocycles. The number of nitrogens with zero attached hydrogens (tertiary/aromatic N) is 1. The molecule has 0 amide bonds. The summed E-state index contributed by atoms with van der Waals surface area (Å²) >= 11 is 7.42. The van der Waals surface area contributed by atoms with Gasteiger partial charge in [0.15, 0.2) is 0 Å². The van der Waals surface area contributed by atoms with Crippen molar-refractivity contribution in [3.63, 3.8) is 0 Å². The van der Waals surface area contributed by atoms with Crippen LogP contribution in [0.5, 0.6) is 0 Å². The van der Waals surface area contributed by atoms with Crippen molar-refractivity contribution in [2.45, 2.75) is 12.2 Å². The van der Waals surface area contributed by atoms with Crippen molar-refractivity contribution in [1.82, 2.24) is 10.2 Å². The number of benzene rings is 2. The average Bonchev–Trinajstić information content (AvgIpc) is 3.00. The van der Waals surface area contributed by atoms with Crippen LogP contribution >= 0.6 is 23.4 Å². The maximum Gasteiger partial charge on any atom is 0.211 e. The SMILES string of the molecule is O=C1C(SCc2ccc(Cl)cc2)=C(N2CCCNCC2)C(=O)c2ccccc21. The maximum absolute atomic E-state index is 13.3. The Bertz CT molecular complexity index is 932. The van der Waals surface area contributed by atoms with Crippen molar-refractivity contribution in [2.24, 2.45) is 0 Å². The number of thioether (sulfide) groups is 1. The Morgan fingerprint density at radius 1 is 0.929 bits per heavy atom. The van der Waals surface area contributed by atoms with Gasteiger partial charge in [-0.25, -0.2) is 0 Å². The average molecular weight is 413 g/mol. The number of carbonyl (C=O) groups is 2. The predicted octanol–water partition coefficient (Wildman–Crippen LogP) is 4.16. The lowest BCUT2D eigenvalue weighted by atomic mass is 9.91. The number of rotatable bonds is 4. The molecule has 0 aromatic heterocycles. The van der Waals surface area contributed by atoms with Crippen LogP contribution in [-0.4, -0.2) is 42.6 Å². The van der Waals surface area contributed by atoms with E-state index in [0.29, 0.717) is 32.5 Å². The minimum absolute atomic E-state index is 0.0456. The first kappa shape index (κ1) is 19.2. The fraction of sp³-hybridized carbons (Fsp3) is 0.273. The third-order valence-corrected chi connectivity index (χ3v) is 6.40. The number of hydrogen-bond donors (Lipinski definition) is 1. The van der Waals surface area contributed by atoms with E-state index in [2.05, 4.69) is 10.2 Å². The summed E-state index contributed by atoms with van der Waals surface area (Å²) in [6.07, 6.45) is 0.946. The number of nitrogens with one attached hydrogen (secondary N) is 1. The molecule has 4 nitrogen and oxygen atoms in total. The van der Waals surface area contributed by atoms with Gasteiger partial charge in [-0.1, -0.05) is 48.0 Å². The van der Waals surface area contributed by atoms with E-state index in [9.17, 15) is 9.59 Å². The fourth-order valence-corrected chi connectivity index (χ4v) is 4.80. The molecule has 0 bridgehead atoms. The molecule has 0 unspecified atom stereocenters. The summed E-state index contributed by atoms with van der Waals surface area (Å²) in [5, 5.41) is 4.04. The van der Waals surface area contributed by atoms with Crippen molar-refractivity contribution in [2.75, 3.05) is 26.2 Å². The van der Waals surface area contributed by atoms with Gasteiger partial charge in [0, 0.05) is 41.5 Å². The molecule has 2 aromatic carbocycles. The highest BCUT2D eigenvalue weighted by Crippen LogP contribution is 2.36. The van der Waals surface area contributed by atoms with Gasteiger partial charge >= 0.3 is 0 Å². The molecule has 2 aliphatic rings. The number of hydrogen-bond acceptors (Lipinski definition) is 5. The monoisotopic (exact) mass is 412 g/mol. The zero-order chi connectivity index (χ0) is 19.5. The second-order valence-electron chi connectivity index (χ2n) is 6.89. The summed E-state index contributed by atoms with van der Waals surface area (Å²) in [6.45, 7) is 3.23. The van der Waals surface area contributed by atoms with E-state index in [4.69, 9.17) is 11.6 Å². The van der Waals surface area contributed by atoms with Crippen molar-refractivity contribution in [3.8, 4) is 0 Å². The van der Waals surface area contributed by atoms with Crippen LogP contribution in [0.1, 0.15) is 32.7 Å². The smallest absolute Gasteiger partial charge is 0.211 e. The first-order chi connectivity index (χ1) is 13.6. The van der Waals surface area contributed by atoms with Crippen molar-refractivity contribution in [3.05, 3.63) is 80.8 Å². The summed E-state index contributed by atoms with van der Waals surface area (Å²) in [5.74, 6) is 0.514. The van der Waals surface area contributed by atoms with E-state index in [-0.39, 0.29) is 11.6 Å². The van der Waals surface area contributed by atoms with Crippen LogP contribution in [0.3, 0.4) is 0 Å².